The summed E-state index contributed by atoms with van der Waals surface area (Å²) in [5.74, 6) is 0. The molecule has 2 aromatic heterocycles. The predicted octanol–water partition coefficient (Wildman–Crippen LogP) is 11.6. The van der Waals surface area contributed by atoms with E-state index in [1.54, 1.807) is 22.7 Å². The Balaban J connectivity index is 1.42. The molecule has 8 aromatic rings. The van der Waals surface area contributed by atoms with Crippen molar-refractivity contribution in [2.45, 2.75) is 0 Å². The molecular formula is C36H24N2S2. The van der Waals surface area contributed by atoms with Gasteiger partial charge in [-0.2, -0.15) is 22.7 Å². The third-order valence-corrected chi connectivity index (χ3v) is 9.00. The van der Waals surface area contributed by atoms with Gasteiger partial charge in [0, 0.05) is 32.9 Å². The molecule has 0 radical (unpaired) electrons. The zero-order valence-electron chi connectivity index (χ0n) is 21.6. The molecule has 0 aliphatic carbocycles. The van der Waals surface area contributed by atoms with Gasteiger partial charge in [-0.05, 0) is 80.8 Å². The van der Waals surface area contributed by atoms with Crippen LogP contribution >= 0.6 is 22.7 Å². The Morgan fingerprint density at radius 3 is 1.20 bits per heavy atom. The van der Waals surface area contributed by atoms with Gasteiger partial charge >= 0.3 is 0 Å². The van der Waals surface area contributed by atoms with E-state index in [1.807, 2.05) is 0 Å². The van der Waals surface area contributed by atoms with Crippen molar-refractivity contribution >= 4 is 89.1 Å². The van der Waals surface area contributed by atoms with Crippen LogP contribution in [-0.2, 0) is 0 Å². The first-order valence-corrected chi connectivity index (χ1v) is 15.2. The van der Waals surface area contributed by atoms with Crippen LogP contribution in [0.4, 0.5) is 34.1 Å². The number of rotatable bonds is 6. The quantitative estimate of drug-likeness (QED) is 0.191. The molecule has 0 saturated heterocycles. The minimum atomic E-state index is 1.16. The monoisotopic (exact) mass is 548 g/mol. The van der Waals surface area contributed by atoms with Gasteiger partial charge in [-0.3, -0.25) is 0 Å². The summed E-state index contributed by atoms with van der Waals surface area (Å²) in [5, 5.41) is 16.4. The van der Waals surface area contributed by atoms with Crippen LogP contribution in [0.2, 0.25) is 0 Å². The molecule has 0 N–H and O–H groups in total. The Morgan fingerprint density at radius 2 is 0.800 bits per heavy atom. The van der Waals surface area contributed by atoms with Gasteiger partial charge in [0.15, 0.2) is 0 Å². The van der Waals surface area contributed by atoms with Crippen LogP contribution in [-0.4, -0.2) is 0 Å². The second kappa shape index (κ2) is 9.53. The van der Waals surface area contributed by atoms with Gasteiger partial charge in [-0.25, -0.2) is 0 Å². The van der Waals surface area contributed by atoms with Crippen LogP contribution in [0.25, 0.3) is 32.3 Å². The first kappa shape index (κ1) is 23.3. The van der Waals surface area contributed by atoms with Gasteiger partial charge in [0.2, 0.25) is 0 Å². The molecule has 8 rings (SSSR count). The lowest BCUT2D eigenvalue weighted by molar-refractivity contribution is 1.31. The highest BCUT2D eigenvalue weighted by molar-refractivity contribution is 7.08. The fourth-order valence-corrected chi connectivity index (χ4v) is 7.18. The number of hydrogen-bond acceptors (Lipinski definition) is 4. The molecule has 2 nitrogen and oxygen atoms in total. The summed E-state index contributed by atoms with van der Waals surface area (Å²) in [6, 6.07) is 44.0. The Morgan fingerprint density at radius 1 is 0.375 bits per heavy atom. The molecule has 6 aromatic carbocycles. The van der Waals surface area contributed by atoms with Gasteiger partial charge in [0.1, 0.15) is 0 Å². The standard InChI is InChI=1S/C36H24N2S2/c1-3-7-27(8-4-1)37(29-19-21-39-23-29)33-17-13-25-11-12-26-14-18-34(32-16-15-31(33)35(25)36(26)32)38(30-20-22-40-24-30)28-9-5-2-6-10-28/h1-24H. The Labute approximate surface area is 240 Å². The normalized spacial score (nSPS) is 11.5. The fourth-order valence-electron chi connectivity index (χ4n) is 5.94. The average molecular weight is 549 g/mol. The van der Waals surface area contributed by atoms with Gasteiger partial charge in [0.05, 0.1) is 22.7 Å². The van der Waals surface area contributed by atoms with Gasteiger partial charge < -0.3 is 9.80 Å². The van der Waals surface area contributed by atoms with E-state index in [0.29, 0.717) is 0 Å². The lowest BCUT2D eigenvalue weighted by atomic mass is 9.92. The Kier molecular flexibility index (Phi) is 5.54. The molecule has 0 aliphatic rings. The minimum absolute atomic E-state index is 1.16. The highest BCUT2D eigenvalue weighted by atomic mass is 32.1. The molecular weight excluding hydrogens is 525 g/mol. The number of para-hydroxylation sites is 2. The minimum Gasteiger partial charge on any atom is -0.309 e. The molecule has 40 heavy (non-hydrogen) atoms. The van der Waals surface area contributed by atoms with Crippen LogP contribution in [0.15, 0.2) is 143 Å². The number of benzene rings is 6. The summed E-state index contributed by atoms with van der Waals surface area (Å²) in [4.78, 5) is 4.76. The molecule has 0 fully saturated rings. The van der Waals surface area contributed by atoms with Crippen molar-refractivity contribution in [3.8, 4) is 0 Å². The third-order valence-electron chi connectivity index (χ3n) is 7.66. The summed E-state index contributed by atoms with van der Waals surface area (Å²) in [6.07, 6.45) is 0. The summed E-state index contributed by atoms with van der Waals surface area (Å²) >= 11 is 3.45. The molecule has 0 atom stereocenters. The average Bonchev–Trinajstić information content (AvgIpc) is 3.74. The number of hydrogen-bond donors (Lipinski definition) is 0. The SMILES string of the molecule is c1ccc(N(c2ccsc2)c2ccc3ccc4ccc(N(c5ccccc5)c5ccsc5)c5ccc2c3c45)cc1. The van der Waals surface area contributed by atoms with E-state index < -0.39 is 0 Å². The van der Waals surface area contributed by atoms with E-state index in [1.165, 1.54) is 55.1 Å². The first-order chi connectivity index (χ1) is 19.9. The van der Waals surface area contributed by atoms with Crippen LogP contribution < -0.4 is 9.80 Å². The molecule has 0 saturated carbocycles. The van der Waals surface area contributed by atoms with Crippen molar-refractivity contribution in [3.63, 3.8) is 0 Å². The van der Waals surface area contributed by atoms with E-state index in [-0.39, 0.29) is 0 Å². The van der Waals surface area contributed by atoms with Crippen molar-refractivity contribution in [3.05, 3.63) is 143 Å². The number of anilines is 6. The van der Waals surface area contributed by atoms with E-state index in [0.717, 1.165) is 11.4 Å². The van der Waals surface area contributed by atoms with Crippen molar-refractivity contribution in [1.29, 1.82) is 0 Å². The first-order valence-electron chi connectivity index (χ1n) is 13.3. The van der Waals surface area contributed by atoms with E-state index >= 15 is 0 Å². The second-order valence-corrected chi connectivity index (χ2v) is 11.5. The maximum Gasteiger partial charge on any atom is 0.0568 e. The van der Waals surface area contributed by atoms with Crippen LogP contribution in [0.1, 0.15) is 0 Å². The predicted molar refractivity (Wildman–Crippen MR) is 175 cm³/mol. The maximum absolute atomic E-state index is 2.38. The van der Waals surface area contributed by atoms with E-state index in [4.69, 9.17) is 0 Å². The number of thiophene rings is 2. The zero-order valence-corrected chi connectivity index (χ0v) is 23.2. The zero-order chi connectivity index (χ0) is 26.5. The molecule has 0 spiro atoms. The fraction of sp³-hybridized carbons (Fsp3) is 0. The van der Waals surface area contributed by atoms with E-state index in [9.17, 15) is 0 Å². The second-order valence-electron chi connectivity index (χ2n) is 9.90. The molecule has 0 bridgehead atoms. The van der Waals surface area contributed by atoms with Gasteiger partial charge in [0.25, 0.3) is 0 Å². The highest BCUT2D eigenvalue weighted by Gasteiger charge is 2.21. The maximum atomic E-state index is 2.38. The lowest BCUT2D eigenvalue weighted by Crippen LogP contribution is -2.10. The molecule has 2 heterocycles. The molecule has 4 heteroatoms. The van der Waals surface area contributed by atoms with E-state index in [2.05, 4.69) is 153 Å². The Hall–Kier alpha value is -4.64. The lowest BCUT2D eigenvalue weighted by Gasteiger charge is -2.28. The topological polar surface area (TPSA) is 6.48 Å². The van der Waals surface area contributed by atoms with Gasteiger partial charge in [-0.15, -0.1) is 0 Å². The largest absolute Gasteiger partial charge is 0.309 e. The third kappa shape index (κ3) is 3.69. The molecule has 0 amide bonds. The van der Waals surface area contributed by atoms with Crippen molar-refractivity contribution in [2.24, 2.45) is 0 Å². The van der Waals surface area contributed by atoms with Gasteiger partial charge in [-0.1, -0.05) is 72.8 Å². The van der Waals surface area contributed by atoms with Crippen LogP contribution in [0.3, 0.4) is 0 Å². The smallest absolute Gasteiger partial charge is 0.0568 e. The van der Waals surface area contributed by atoms with Crippen LogP contribution in [0.5, 0.6) is 0 Å². The summed E-state index contributed by atoms with van der Waals surface area (Å²) in [5.41, 5.74) is 7.05. The summed E-state index contributed by atoms with van der Waals surface area (Å²) in [6.45, 7) is 0. The summed E-state index contributed by atoms with van der Waals surface area (Å²) in [7, 11) is 0. The summed E-state index contributed by atoms with van der Waals surface area (Å²) < 4.78 is 0. The van der Waals surface area contributed by atoms with Crippen molar-refractivity contribution in [2.75, 3.05) is 9.80 Å². The molecule has 0 unspecified atom stereocenters. The number of nitrogens with zero attached hydrogens (tertiary/aromatic N) is 2. The molecule has 0 aliphatic heterocycles. The van der Waals surface area contributed by atoms with Crippen molar-refractivity contribution in [1.82, 2.24) is 0 Å². The highest BCUT2D eigenvalue weighted by Crippen LogP contribution is 2.47. The molecule has 190 valence electrons. The van der Waals surface area contributed by atoms with Crippen molar-refractivity contribution < 1.29 is 0 Å². The van der Waals surface area contributed by atoms with Crippen LogP contribution in [0, 0.1) is 0 Å². The Bertz CT molecular complexity index is 1900.